The molecule has 190 valence electrons. The Hall–Kier alpha value is -3.92. The van der Waals surface area contributed by atoms with E-state index in [0.29, 0.717) is 28.3 Å². The van der Waals surface area contributed by atoms with Crippen molar-refractivity contribution in [3.63, 3.8) is 0 Å². The van der Waals surface area contributed by atoms with E-state index in [9.17, 15) is 4.79 Å². The molecule has 2 aromatic carbocycles. The molecule has 0 unspecified atom stereocenters. The molecule has 0 bridgehead atoms. The number of unbranched alkanes of at least 4 members (excludes halogenated alkanes) is 1. The highest BCUT2D eigenvalue weighted by molar-refractivity contribution is 7.71. The van der Waals surface area contributed by atoms with Crippen molar-refractivity contribution in [2.75, 3.05) is 0 Å². The summed E-state index contributed by atoms with van der Waals surface area (Å²) in [6.07, 6.45) is 3.78. The van der Waals surface area contributed by atoms with Crippen LogP contribution in [0.25, 0.3) is 33.7 Å². The summed E-state index contributed by atoms with van der Waals surface area (Å²) in [5.41, 5.74) is 5.32. The van der Waals surface area contributed by atoms with Gasteiger partial charge >= 0.3 is 0 Å². The maximum absolute atomic E-state index is 13.4. The zero-order valence-electron chi connectivity index (χ0n) is 21.3. The third-order valence-corrected chi connectivity index (χ3v) is 7.14. The summed E-state index contributed by atoms with van der Waals surface area (Å²) in [5.74, 6) is 1.55. The van der Waals surface area contributed by atoms with Crippen LogP contribution in [-0.4, -0.2) is 39.3 Å². The van der Waals surface area contributed by atoms with Crippen LogP contribution in [0, 0.1) is 4.77 Å². The topological polar surface area (TPSA) is 99.2 Å². The molecule has 10 heteroatoms. The average molecular weight is 515 g/mol. The average Bonchev–Trinajstić information content (AvgIpc) is 3.58. The number of nitrogens with zero attached hydrogens (tertiary/aromatic N) is 7. The van der Waals surface area contributed by atoms with Crippen molar-refractivity contribution in [2.24, 2.45) is 7.05 Å². The van der Waals surface area contributed by atoms with Crippen LogP contribution in [0.3, 0.4) is 0 Å². The lowest BCUT2D eigenvalue weighted by atomic mass is 9.98. The highest BCUT2D eigenvalue weighted by Crippen LogP contribution is 2.30. The van der Waals surface area contributed by atoms with Gasteiger partial charge in [0.2, 0.25) is 0 Å². The van der Waals surface area contributed by atoms with Crippen LogP contribution < -0.4 is 5.56 Å². The molecule has 5 aromatic rings. The number of fused-ring (bicyclic) bond motifs is 1. The Bertz CT molecular complexity index is 1650. The molecule has 9 nitrogen and oxygen atoms in total. The van der Waals surface area contributed by atoms with E-state index in [1.165, 1.54) is 0 Å². The van der Waals surface area contributed by atoms with Crippen LogP contribution in [0.4, 0.5) is 0 Å². The van der Waals surface area contributed by atoms with Crippen LogP contribution in [0.15, 0.2) is 53.3 Å². The Labute approximate surface area is 219 Å². The van der Waals surface area contributed by atoms with E-state index in [2.05, 4.69) is 69.4 Å². The summed E-state index contributed by atoms with van der Waals surface area (Å²) >= 11 is 5.61. The van der Waals surface area contributed by atoms with Gasteiger partial charge < -0.3 is 9.13 Å². The fourth-order valence-corrected chi connectivity index (χ4v) is 4.97. The predicted molar refractivity (Wildman–Crippen MR) is 147 cm³/mol. The Morgan fingerprint density at radius 2 is 1.73 bits per heavy atom. The number of tetrazole rings is 1. The minimum absolute atomic E-state index is 0.103. The summed E-state index contributed by atoms with van der Waals surface area (Å²) in [7, 11) is 1.75. The minimum Gasteiger partial charge on any atom is -0.318 e. The summed E-state index contributed by atoms with van der Waals surface area (Å²) in [4.78, 5) is 18.4. The van der Waals surface area contributed by atoms with Crippen molar-refractivity contribution in [2.45, 2.75) is 52.6 Å². The second-order valence-corrected chi connectivity index (χ2v) is 9.55. The maximum atomic E-state index is 13.4. The van der Waals surface area contributed by atoms with Gasteiger partial charge in [-0.1, -0.05) is 68.8 Å². The van der Waals surface area contributed by atoms with Gasteiger partial charge in [-0.05, 0) is 52.2 Å². The van der Waals surface area contributed by atoms with E-state index >= 15 is 0 Å². The normalized spacial score (nSPS) is 11.4. The first-order chi connectivity index (χ1) is 18.0. The lowest BCUT2D eigenvalue weighted by molar-refractivity contribution is 0.630. The van der Waals surface area contributed by atoms with Gasteiger partial charge in [0, 0.05) is 32.1 Å². The Morgan fingerprint density at radius 3 is 2.41 bits per heavy atom. The van der Waals surface area contributed by atoms with Crippen molar-refractivity contribution in [1.29, 1.82) is 0 Å². The van der Waals surface area contributed by atoms with Crippen molar-refractivity contribution in [3.8, 4) is 22.5 Å². The number of benzene rings is 2. The van der Waals surface area contributed by atoms with Gasteiger partial charge in [0.1, 0.15) is 5.82 Å². The molecule has 3 heterocycles. The molecule has 0 atom stereocenters. The number of rotatable bonds is 9. The number of imidazole rings is 1. The quantitative estimate of drug-likeness (QED) is 0.281. The maximum Gasteiger partial charge on any atom is 0.280 e. The number of aromatic amines is 1. The second-order valence-electron chi connectivity index (χ2n) is 9.18. The van der Waals surface area contributed by atoms with E-state index in [1.54, 1.807) is 11.6 Å². The standard InChI is InChI=1S/C27H30N8OS/c1-4-6-11-22-28-25-23(26(36)33(3)27(37)34(25)16-5-2)35(22)17-18-12-14-19(15-13-18)20-9-7-8-10-21(20)24-29-31-32-30-24/h7-10,12-15H,4-6,11,16-17H2,1-3H3,(H,29,30,31,32). The van der Waals surface area contributed by atoms with Gasteiger partial charge in [0.15, 0.2) is 21.8 Å². The molecular formula is C27H30N8OS. The van der Waals surface area contributed by atoms with Crippen LogP contribution in [0.5, 0.6) is 0 Å². The molecule has 0 fully saturated rings. The zero-order chi connectivity index (χ0) is 25.9. The molecule has 1 N–H and O–H groups in total. The van der Waals surface area contributed by atoms with Gasteiger partial charge in [-0.15, -0.1) is 5.10 Å². The molecule has 37 heavy (non-hydrogen) atoms. The minimum atomic E-state index is -0.103. The molecule has 5 rings (SSSR count). The summed E-state index contributed by atoms with van der Waals surface area (Å²) in [6, 6.07) is 16.4. The van der Waals surface area contributed by atoms with E-state index in [1.807, 2.05) is 22.8 Å². The number of aryl methyl sites for hydroxylation is 2. The molecule has 0 saturated carbocycles. The molecule has 0 saturated heterocycles. The molecule has 0 aliphatic rings. The number of H-pyrrole nitrogens is 1. The highest BCUT2D eigenvalue weighted by atomic mass is 32.1. The van der Waals surface area contributed by atoms with Gasteiger partial charge in [0.25, 0.3) is 5.56 Å². The fourth-order valence-electron chi connectivity index (χ4n) is 4.71. The van der Waals surface area contributed by atoms with Gasteiger partial charge in [-0.25, -0.2) is 10.1 Å². The second kappa shape index (κ2) is 10.6. The molecule has 0 spiro atoms. The van der Waals surface area contributed by atoms with Crippen molar-refractivity contribution in [1.82, 2.24) is 39.3 Å². The first kappa shape index (κ1) is 24.8. The number of aromatic nitrogens is 8. The van der Waals surface area contributed by atoms with E-state index in [0.717, 1.165) is 60.3 Å². The van der Waals surface area contributed by atoms with Crippen LogP contribution in [0.1, 0.15) is 44.5 Å². The first-order valence-electron chi connectivity index (χ1n) is 12.6. The first-order valence-corrected chi connectivity index (χ1v) is 13.1. The van der Waals surface area contributed by atoms with Gasteiger partial charge in [0.05, 0.1) is 0 Å². The fraction of sp³-hybridized carbons (Fsp3) is 0.333. The van der Waals surface area contributed by atoms with E-state index in [4.69, 9.17) is 17.2 Å². The lowest BCUT2D eigenvalue weighted by Crippen LogP contribution is -2.25. The summed E-state index contributed by atoms with van der Waals surface area (Å²) in [5, 5.41) is 14.4. The largest absolute Gasteiger partial charge is 0.318 e. The third-order valence-electron chi connectivity index (χ3n) is 6.64. The Kier molecular flexibility index (Phi) is 7.09. The van der Waals surface area contributed by atoms with Crippen molar-refractivity contribution in [3.05, 3.63) is 75.0 Å². The van der Waals surface area contributed by atoms with E-state index < -0.39 is 0 Å². The summed E-state index contributed by atoms with van der Waals surface area (Å²) in [6.45, 7) is 5.55. The number of hydrogen-bond acceptors (Lipinski definition) is 6. The van der Waals surface area contributed by atoms with Crippen LogP contribution >= 0.6 is 12.2 Å². The molecule has 0 aliphatic carbocycles. The zero-order valence-corrected chi connectivity index (χ0v) is 22.1. The number of hydrogen-bond donors (Lipinski definition) is 1. The van der Waals surface area contributed by atoms with Gasteiger partial charge in [-0.3, -0.25) is 9.36 Å². The van der Waals surface area contributed by atoms with Crippen molar-refractivity contribution >= 4 is 23.4 Å². The Morgan fingerprint density at radius 1 is 0.973 bits per heavy atom. The Balaban J connectivity index is 1.57. The predicted octanol–water partition coefficient (Wildman–Crippen LogP) is 4.91. The molecule has 0 aliphatic heterocycles. The van der Waals surface area contributed by atoms with Crippen LogP contribution in [0.2, 0.25) is 0 Å². The van der Waals surface area contributed by atoms with Crippen LogP contribution in [-0.2, 0) is 26.6 Å². The molecule has 0 radical (unpaired) electrons. The van der Waals surface area contributed by atoms with Crippen molar-refractivity contribution < 1.29 is 0 Å². The monoisotopic (exact) mass is 514 g/mol. The molecule has 3 aromatic heterocycles. The van der Waals surface area contributed by atoms with E-state index in [-0.39, 0.29) is 5.56 Å². The van der Waals surface area contributed by atoms with Gasteiger partial charge in [-0.2, -0.15) is 0 Å². The highest BCUT2D eigenvalue weighted by Gasteiger charge is 2.19. The molecular weight excluding hydrogens is 484 g/mol. The summed E-state index contributed by atoms with van der Waals surface area (Å²) < 4.78 is 6.15. The smallest absolute Gasteiger partial charge is 0.280 e. The third kappa shape index (κ3) is 4.64. The molecule has 0 amide bonds. The lowest BCUT2D eigenvalue weighted by Gasteiger charge is -2.13. The number of nitrogens with one attached hydrogen (secondary N) is 1. The SMILES string of the molecule is CCCCc1nc2c(c(=O)n(C)c(=S)n2CCC)n1Cc1ccc(-c2ccccc2-c2nnn[nH]2)cc1.